The van der Waals surface area contributed by atoms with Crippen molar-refractivity contribution in [1.29, 1.82) is 0 Å². The van der Waals surface area contributed by atoms with Crippen molar-refractivity contribution in [3.63, 3.8) is 0 Å². The molecule has 1 aromatic heterocycles. The van der Waals surface area contributed by atoms with E-state index < -0.39 is 0 Å². The highest BCUT2D eigenvalue weighted by molar-refractivity contribution is 9.10. The molecular weight excluding hydrogens is 380 g/mol. The second-order valence-electron chi connectivity index (χ2n) is 4.88. The number of halogens is 1. The number of carbonyl (C=O) groups excluding carboxylic acids is 1. The highest BCUT2D eigenvalue weighted by Crippen LogP contribution is 2.31. The van der Waals surface area contributed by atoms with Crippen LogP contribution in [0.2, 0.25) is 0 Å². The second-order valence-corrected chi connectivity index (χ2v) is 7.77. The number of thioether (sulfide) groups is 1. The van der Waals surface area contributed by atoms with Gasteiger partial charge in [-0.2, -0.15) is 0 Å². The maximum Gasteiger partial charge on any atom is 0.264 e. The van der Waals surface area contributed by atoms with E-state index in [-0.39, 0.29) is 5.91 Å². The molecule has 6 heteroatoms. The summed E-state index contributed by atoms with van der Waals surface area (Å²) in [5.74, 6) is -0.0914. The third-order valence-corrected chi connectivity index (χ3v) is 5.56. The summed E-state index contributed by atoms with van der Waals surface area (Å²) in [5, 5.41) is 5.47. The average Bonchev–Trinajstić information content (AvgIpc) is 3.01. The fourth-order valence-electron chi connectivity index (χ4n) is 1.99. The highest BCUT2D eigenvalue weighted by atomic mass is 79.9. The van der Waals surface area contributed by atoms with Crippen LogP contribution in [-0.4, -0.2) is 11.1 Å². The molecule has 1 aromatic carbocycles. The van der Waals surface area contributed by atoms with E-state index in [1.807, 2.05) is 43.5 Å². The normalized spacial score (nSPS) is 18.2. The van der Waals surface area contributed by atoms with Crippen LogP contribution in [0.15, 0.2) is 44.0 Å². The van der Waals surface area contributed by atoms with Crippen LogP contribution in [0.25, 0.3) is 6.08 Å². The van der Waals surface area contributed by atoms with Crippen LogP contribution in [0, 0.1) is 13.8 Å². The van der Waals surface area contributed by atoms with Gasteiger partial charge in [-0.25, -0.2) is 4.99 Å². The third-order valence-electron chi connectivity index (χ3n) is 3.20. The molecular formula is C16H13BrN2OS2. The highest BCUT2D eigenvalue weighted by Gasteiger charge is 2.24. The Balaban J connectivity index is 1.87. The number of nitrogens with zero attached hydrogens (tertiary/aromatic N) is 1. The van der Waals surface area contributed by atoms with Crippen molar-refractivity contribution in [2.75, 3.05) is 0 Å². The van der Waals surface area contributed by atoms with Crippen LogP contribution in [0.3, 0.4) is 0 Å². The van der Waals surface area contributed by atoms with E-state index in [0.717, 1.165) is 20.6 Å². The maximum atomic E-state index is 12.1. The smallest absolute Gasteiger partial charge is 0.264 e. The number of amidine groups is 1. The lowest BCUT2D eigenvalue weighted by Crippen LogP contribution is -2.19. The predicted molar refractivity (Wildman–Crippen MR) is 98.7 cm³/mol. The fourth-order valence-corrected chi connectivity index (χ4v) is 4.21. The molecule has 0 aliphatic carbocycles. The van der Waals surface area contributed by atoms with Crippen molar-refractivity contribution in [3.05, 3.63) is 55.0 Å². The molecule has 0 spiro atoms. The Kier molecular flexibility index (Phi) is 4.52. The molecule has 1 fully saturated rings. The van der Waals surface area contributed by atoms with Gasteiger partial charge < -0.3 is 5.32 Å². The lowest BCUT2D eigenvalue weighted by atomic mass is 10.2. The Morgan fingerprint density at radius 2 is 2.05 bits per heavy atom. The summed E-state index contributed by atoms with van der Waals surface area (Å²) >= 11 is 6.45. The molecule has 1 aliphatic heterocycles. The molecule has 0 bridgehead atoms. The zero-order valence-electron chi connectivity index (χ0n) is 12.0. The first-order valence-corrected chi connectivity index (χ1v) is 9.11. The molecule has 0 unspecified atom stereocenters. The molecule has 22 heavy (non-hydrogen) atoms. The number of carbonyl (C=O) groups is 1. The Hall–Kier alpha value is -1.37. The van der Waals surface area contributed by atoms with Gasteiger partial charge >= 0.3 is 0 Å². The molecule has 1 saturated heterocycles. The zero-order valence-corrected chi connectivity index (χ0v) is 15.2. The van der Waals surface area contributed by atoms with Crippen molar-refractivity contribution in [1.82, 2.24) is 5.32 Å². The second kappa shape index (κ2) is 6.40. The minimum absolute atomic E-state index is 0.0914. The van der Waals surface area contributed by atoms with E-state index in [0.29, 0.717) is 10.1 Å². The molecule has 1 N–H and O–H groups in total. The van der Waals surface area contributed by atoms with Crippen LogP contribution in [0.4, 0.5) is 5.69 Å². The van der Waals surface area contributed by atoms with E-state index in [1.165, 1.54) is 17.3 Å². The lowest BCUT2D eigenvalue weighted by Gasteiger charge is -2.01. The Bertz CT molecular complexity index is 808. The van der Waals surface area contributed by atoms with Crippen molar-refractivity contribution < 1.29 is 4.79 Å². The van der Waals surface area contributed by atoms with E-state index in [1.54, 1.807) is 11.3 Å². The third kappa shape index (κ3) is 3.34. The Morgan fingerprint density at radius 1 is 1.23 bits per heavy atom. The van der Waals surface area contributed by atoms with Crippen molar-refractivity contribution in [2.24, 2.45) is 4.99 Å². The molecule has 3 rings (SSSR count). The first kappa shape index (κ1) is 15.5. The van der Waals surface area contributed by atoms with E-state index in [9.17, 15) is 4.79 Å². The van der Waals surface area contributed by atoms with Crippen LogP contribution < -0.4 is 5.32 Å². The summed E-state index contributed by atoms with van der Waals surface area (Å²) in [5.41, 5.74) is 3.10. The molecule has 0 atom stereocenters. The van der Waals surface area contributed by atoms with Crippen molar-refractivity contribution in [2.45, 2.75) is 13.8 Å². The number of nitrogens with one attached hydrogen (secondary N) is 1. The standard InChI is InChI=1S/C16H13BrN2OS2/c1-9-5-6-21-13(9)8-14-15(20)19-16(22-14)18-12-4-3-11(17)7-10(12)2/h3-8H,1-2H3,(H,18,19,20)/b14-8-. The van der Waals surface area contributed by atoms with Gasteiger partial charge in [0, 0.05) is 9.35 Å². The van der Waals surface area contributed by atoms with Gasteiger partial charge in [-0.3, -0.25) is 4.79 Å². The number of amides is 1. The SMILES string of the molecule is Cc1cc(Br)ccc1N=C1NC(=O)/C(=C/c2sccc2C)S1. The molecule has 2 aromatic rings. The topological polar surface area (TPSA) is 41.5 Å². The predicted octanol–water partition coefficient (Wildman–Crippen LogP) is 5.02. The minimum Gasteiger partial charge on any atom is -0.300 e. The van der Waals surface area contributed by atoms with Gasteiger partial charge in [0.25, 0.3) is 5.91 Å². The maximum absolute atomic E-state index is 12.1. The van der Waals surface area contributed by atoms with E-state index in [4.69, 9.17) is 0 Å². The quantitative estimate of drug-likeness (QED) is 0.728. The van der Waals surface area contributed by atoms with Gasteiger partial charge in [0.05, 0.1) is 10.6 Å². The summed E-state index contributed by atoms with van der Waals surface area (Å²) in [4.78, 5) is 18.4. The first-order valence-electron chi connectivity index (χ1n) is 6.63. The number of rotatable bonds is 2. The van der Waals surface area contributed by atoms with Crippen LogP contribution in [-0.2, 0) is 4.79 Å². The fraction of sp³-hybridized carbons (Fsp3) is 0.125. The zero-order chi connectivity index (χ0) is 15.7. The summed E-state index contributed by atoms with van der Waals surface area (Å²) in [6, 6.07) is 7.94. The number of hydrogen-bond acceptors (Lipinski definition) is 4. The van der Waals surface area contributed by atoms with Crippen LogP contribution in [0.5, 0.6) is 0 Å². The Labute approximate surface area is 145 Å². The molecule has 3 nitrogen and oxygen atoms in total. The lowest BCUT2D eigenvalue weighted by molar-refractivity contribution is -0.115. The van der Waals surface area contributed by atoms with Crippen LogP contribution >= 0.6 is 39.0 Å². The van der Waals surface area contributed by atoms with Gasteiger partial charge in [-0.15, -0.1) is 11.3 Å². The van der Waals surface area contributed by atoms with Gasteiger partial charge in [-0.1, -0.05) is 15.9 Å². The summed E-state index contributed by atoms with van der Waals surface area (Å²) in [6.07, 6.45) is 1.93. The molecule has 2 heterocycles. The van der Waals surface area contributed by atoms with Gasteiger partial charge in [-0.05, 0) is 72.5 Å². The van der Waals surface area contributed by atoms with Gasteiger partial charge in [0.2, 0.25) is 0 Å². The largest absolute Gasteiger partial charge is 0.300 e. The van der Waals surface area contributed by atoms with Gasteiger partial charge in [0.1, 0.15) is 0 Å². The minimum atomic E-state index is -0.0914. The monoisotopic (exact) mass is 392 g/mol. The van der Waals surface area contributed by atoms with Crippen molar-refractivity contribution in [3.8, 4) is 0 Å². The number of hydrogen-bond donors (Lipinski definition) is 1. The first-order chi connectivity index (χ1) is 10.5. The van der Waals surface area contributed by atoms with E-state index in [2.05, 4.69) is 32.3 Å². The molecule has 112 valence electrons. The summed E-state index contributed by atoms with van der Waals surface area (Å²) < 4.78 is 1.02. The molecule has 0 radical (unpaired) electrons. The van der Waals surface area contributed by atoms with Gasteiger partial charge in [0.15, 0.2) is 5.17 Å². The number of benzene rings is 1. The average molecular weight is 393 g/mol. The molecule has 1 aliphatic rings. The molecule has 0 saturated carbocycles. The van der Waals surface area contributed by atoms with Crippen LogP contribution in [0.1, 0.15) is 16.0 Å². The number of aliphatic imine (C=N–C) groups is 1. The Morgan fingerprint density at radius 3 is 2.73 bits per heavy atom. The summed E-state index contributed by atoms with van der Waals surface area (Å²) in [7, 11) is 0. The van der Waals surface area contributed by atoms with Crippen molar-refractivity contribution >= 4 is 61.9 Å². The number of aryl methyl sites for hydroxylation is 2. The summed E-state index contributed by atoms with van der Waals surface area (Å²) in [6.45, 7) is 4.04. The number of thiophene rings is 1. The van der Waals surface area contributed by atoms with E-state index >= 15 is 0 Å². The molecule has 1 amide bonds.